The van der Waals surface area contributed by atoms with Gasteiger partial charge in [-0.2, -0.15) is 0 Å². The third kappa shape index (κ3) is 10.1. The first-order valence-corrected chi connectivity index (χ1v) is 12.6. The number of rotatable bonds is 11. The van der Waals surface area contributed by atoms with Crippen molar-refractivity contribution in [3.63, 3.8) is 0 Å². The molecule has 1 aromatic rings. The van der Waals surface area contributed by atoms with Gasteiger partial charge in [-0.25, -0.2) is 0 Å². The molecule has 1 unspecified atom stereocenters. The second-order valence-electron chi connectivity index (χ2n) is 11.5. The van der Waals surface area contributed by atoms with Gasteiger partial charge < -0.3 is 24.7 Å². The first-order valence-electron chi connectivity index (χ1n) is 12.6. The van der Waals surface area contributed by atoms with Gasteiger partial charge in [0, 0.05) is 19.3 Å². The van der Waals surface area contributed by atoms with Crippen LogP contribution in [0, 0.1) is 10.8 Å². The third-order valence-electron chi connectivity index (χ3n) is 5.47. The quantitative estimate of drug-likeness (QED) is 0.330. The zero-order valence-electron chi connectivity index (χ0n) is 23.7. The van der Waals surface area contributed by atoms with Crippen LogP contribution in [0.4, 0.5) is 0 Å². The van der Waals surface area contributed by atoms with Gasteiger partial charge in [-0.05, 0) is 72.6 Å². The van der Waals surface area contributed by atoms with Crippen LogP contribution in [0.5, 0.6) is 11.5 Å². The van der Waals surface area contributed by atoms with E-state index in [0.717, 1.165) is 6.42 Å². The molecule has 0 aliphatic carbocycles. The lowest BCUT2D eigenvalue weighted by Gasteiger charge is -2.29. The molecule has 0 bridgehead atoms. The van der Waals surface area contributed by atoms with Gasteiger partial charge in [0.1, 0.15) is 11.6 Å². The Hall–Kier alpha value is -2.94. The Kier molecular flexibility index (Phi) is 11.3. The van der Waals surface area contributed by atoms with Crippen LogP contribution in [0.15, 0.2) is 18.2 Å². The highest BCUT2D eigenvalue weighted by atomic mass is 16.6. The maximum Gasteiger partial charge on any atom is 0.326 e. The molecule has 0 saturated carbocycles. The number of carbonyl (C=O) groups excluding carboxylic acids is 4. The lowest BCUT2D eigenvalue weighted by Crippen LogP contribution is -2.53. The van der Waals surface area contributed by atoms with Gasteiger partial charge in [0.2, 0.25) is 0 Å². The fourth-order valence-electron chi connectivity index (χ4n) is 3.29. The van der Waals surface area contributed by atoms with E-state index >= 15 is 0 Å². The standard InChI is InChI=1S/C28H43NO8/c1-10-11-12-22(30)35-18(2)16-28(29,25(33)34-9)17-19-13-14-20(36-23(31)26(3,4)5)21(15-19)37-24(32)27(6,7)8/h13-15,18H,10-12,16-17,29H2,1-9H3/t18?,28-/m1/s1. The molecule has 2 N–H and O–H groups in total. The van der Waals surface area contributed by atoms with Crippen LogP contribution >= 0.6 is 0 Å². The number of unbranched alkanes of at least 4 members (excludes halogenated alkanes) is 1. The SMILES string of the molecule is CCCCC(=O)OC(C)C[C@@](N)(Cc1ccc(OC(=O)C(C)(C)C)c(OC(=O)C(C)(C)C)c1)C(=O)OC. The summed E-state index contributed by atoms with van der Waals surface area (Å²) in [6, 6.07) is 4.63. The maximum atomic E-state index is 12.7. The van der Waals surface area contributed by atoms with Crippen molar-refractivity contribution in [1.29, 1.82) is 0 Å². The summed E-state index contributed by atoms with van der Waals surface area (Å²) < 4.78 is 21.5. The van der Waals surface area contributed by atoms with Gasteiger partial charge in [0.15, 0.2) is 11.5 Å². The first kappa shape index (κ1) is 32.1. The summed E-state index contributed by atoms with van der Waals surface area (Å²) in [7, 11) is 1.23. The number of ether oxygens (including phenoxy) is 4. The van der Waals surface area contributed by atoms with Gasteiger partial charge in [0.05, 0.1) is 17.9 Å². The van der Waals surface area contributed by atoms with Crippen molar-refractivity contribution in [2.75, 3.05) is 7.11 Å². The van der Waals surface area contributed by atoms with E-state index in [1.165, 1.54) is 19.2 Å². The highest BCUT2D eigenvalue weighted by Crippen LogP contribution is 2.34. The van der Waals surface area contributed by atoms with Crippen LogP contribution in [0.25, 0.3) is 0 Å². The van der Waals surface area contributed by atoms with Gasteiger partial charge in [-0.1, -0.05) is 19.4 Å². The molecule has 2 atom stereocenters. The van der Waals surface area contributed by atoms with Crippen molar-refractivity contribution in [2.24, 2.45) is 16.6 Å². The van der Waals surface area contributed by atoms with E-state index in [1.54, 1.807) is 54.5 Å². The van der Waals surface area contributed by atoms with E-state index in [9.17, 15) is 19.2 Å². The van der Waals surface area contributed by atoms with E-state index in [4.69, 9.17) is 24.7 Å². The molecule has 0 aromatic heterocycles. The Morgan fingerprint density at radius 1 is 0.892 bits per heavy atom. The summed E-state index contributed by atoms with van der Waals surface area (Å²) >= 11 is 0. The molecule has 9 nitrogen and oxygen atoms in total. The second-order valence-corrected chi connectivity index (χ2v) is 11.5. The van der Waals surface area contributed by atoms with Crippen LogP contribution in [0.2, 0.25) is 0 Å². The Labute approximate surface area is 220 Å². The molecule has 0 heterocycles. The molecule has 1 rings (SSSR count). The number of benzene rings is 1. The van der Waals surface area contributed by atoms with Gasteiger partial charge in [-0.15, -0.1) is 0 Å². The van der Waals surface area contributed by atoms with Crippen molar-refractivity contribution in [3.05, 3.63) is 23.8 Å². The molecular formula is C28H43NO8. The predicted molar refractivity (Wildman–Crippen MR) is 139 cm³/mol. The van der Waals surface area contributed by atoms with Crippen LogP contribution in [0.1, 0.15) is 86.6 Å². The zero-order chi connectivity index (χ0) is 28.6. The third-order valence-corrected chi connectivity index (χ3v) is 5.47. The van der Waals surface area contributed by atoms with Crippen LogP contribution in [-0.2, 0) is 35.1 Å². The van der Waals surface area contributed by atoms with Crippen LogP contribution in [0.3, 0.4) is 0 Å². The maximum absolute atomic E-state index is 12.7. The van der Waals surface area contributed by atoms with Crippen molar-refractivity contribution in [2.45, 2.75) is 99.1 Å². The smallest absolute Gasteiger partial charge is 0.326 e. The molecule has 0 saturated heterocycles. The van der Waals surface area contributed by atoms with E-state index < -0.39 is 40.4 Å². The monoisotopic (exact) mass is 521 g/mol. The molecular weight excluding hydrogens is 478 g/mol. The predicted octanol–water partition coefficient (Wildman–Crippen LogP) is 4.51. The van der Waals surface area contributed by atoms with E-state index in [-0.39, 0.29) is 36.7 Å². The average molecular weight is 522 g/mol. The molecule has 37 heavy (non-hydrogen) atoms. The Morgan fingerprint density at radius 3 is 1.92 bits per heavy atom. The summed E-state index contributed by atoms with van der Waals surface area (Å²) in [4.78, 5) is 49.9. The fraction of sp³-hybridized carbons (Fsp3) is 0.643. The van der Waals surface area contributed by atoms with Crippen molar-refractivity contribution >= 4 is 23.9 Å². The van der Waals surface area contributed by atoms with Gasteiger partial charge in [0.25, 0.3) is 0 Å². The van der Waals surface area contributed by atoms with Crippen LogP contribution in [-0.4, -0.2) is 42.6 Å². The zero-order valence-corrected chi connectivity index (χ0v) is 23.7. The molecule has 208 valence electrons. The summed E-state index contributed by atoms with van der Waals surface area (Å²) in [5, 5.41) is 0. The summed E-state index contributed by atoms with van der Waals surface area (Å²) in [6.45, 7) is 13.9. The number of hydrogen-bond acceptors (Lipinski definition) is 9. The Balaban J connectivity index is 3.31. The molecule has 0 radical (unpaired) electrons. The minimum absolute atomic E-state index is 0.00934. The van der Waals surface area contributed by atoms with Gasteiger partial charge >= 0.3 is 23.9 Å². The van der Waals surface area contributed by atoms with Crippen molar-refractivity contribution in [3.8, 4) is 11.5 Å². The van der Waals surface area contributed by atoms with E-state index in [2.05, 4.69) is 0 Å². The Bertz CT molecular complexity index is 973. The minimum atomic E-state index is -1.53. The number of methoxy groups -OCH3 is 1. The highest BCUT2D eigenvalue weighted by molar-refractivity contribution is 5.82. The van der Waals surface area contributed by atoms with Gasteiger partial charge in [-0.3, -0.25) is 19.2 Å². The van der Waals surface area contributed by atoms with E-state index in [1.807, 2.05) is 6.92 Å². The lowest BCUT2D eigenvalue weighted by atomic mass is 9.86. The number of carbonyl (C=O) groups is 4. The molecule has 9 heteroatoms. The number of hydrogen-bond donors (Lipinski definition) is 1. The van der Waals surface area contributed by atoms with Crippen LogP contribution < -0.4 is 15.2 Å². The van der Waals surface area contributed by atoms with Crippen molar-refractivity contribution < 1.29 is 38.1 Å². The summed E-state index contributed by atoms with van der Waals surface area (Å²) in [5.74, 6) is -1.98. The highest BCUT2D eigenvalue weighted by Gasteiger charge is 2.38. The number of nitrogens with two attached hydrogens (primary N) is 1. The average Bonchev–Trinajstić information content (AvgIpc) is 2.77. The molecule has 0 aliphatic heterocycles. The first-order chi connectivity index (χ1) is 16.9. The Morgan fingerprint density at radius 2 is 1.43 bits per heavy atom. The van der Waals surface area contributed by atoms with E-state index in [0.29, 0.717) is 12.0 Å². The summed E-state index contributed by atoms with van der Waals surface area (Å²) in [5.41, 5.74) is 3.89. The lowest BCUT2D eigenvalue weighted by molar-refractivity contribution is -0.155. The normalized spacial score (nSPS) is 14.2. The molecule has 0 spiro atoms. The molecule has 0 fully saturated rings. The largest absolute Gasteiger partial charge is 0.468 e. The molecule has 0 amide bonds. The number of esters is 4. The minimum Gasteiger partial charge on any atom is -0.468 e. The van der Waals surface area contributed by atoms with Crippen molar-refractivity contribution in [1.82, 2.24) is 0 Å². The summed E-state index contributed by atoms with van der Waals surface area (Å²) in [6.07, 6.45) is 1.21. The topological polar surface area (TPSA) is 131 Å². The molecule has 1 aromatic carbocycles. The fourth-order valence-corrected chi connectivity index (χ4v) is 3.29. The molecule has 0 aliphatic rings. The second kappa shape index (κ2) is 13.0.